The molecule has 3 aliphatic carbocycles. The van der Waals surface area contributed by atoms with Gasteiger partial charge in [0.2, 0.25) is 0 Å². The highest BCUT2D eigenvalue weighted by molar-refractivity contribution is 5.97. The van der Waals surface area contributed by atoms with Crippen molar-refractivity contribution in [3.63, 3.8) is 0 Å². The Hall–Kier alpha value is -2.08. The van der Waals surface area contributed by atoms with Gasteiger partial charge in [-0.05, 0) is 69.5 Å². The molecule has 3 aliphatic rings. The first-order chi connectivity index (χ1) is 10.4. The van der Waals surface area contributed by atoms with E-state index in [1.807, 2.05) is 0 Å². The minimum Gasteiger partial charge on any atom is -0.0802 e. The fourth-order valence-electron chi connectivity index (χ4n) is 3.86. The van der Waals surface area contributed by atoms with Crippen LogP contribution in [0.5, 0.6) is 0 Å². The fourth-order valence-corrected chi connectivity index (χ4v) is 3.86. The number of allylic oxidation sites excluding steroid dienone is 4. The van der Waals surface area contributed by atoms with Gasteiger partial charge in [0.1, 0.15) is 0 Å². The van der Waals surface area contributed by atoms with Crippen LogP contribution in [0.15, 0.2) is 48.6 Å². The summed E-state index contributed by atoms with van der Waals surface area (Å²) in [7, 11) is 0. The van der Waals surface area contributed by atoms with Gasteiger partial charge in [-0.1, -0.05) is 54.6 Å². The molecule has 2 unspecified atom stereocenters. The predicted molar refractivity (Wildman–Crippen MR) is 90.1 cm³/mol. The van der Waals surface area contributed by atoms with Crippen LogP contribution in [0.3, 0.4) is 0 Å². The van der Waals surface area contributed by atoms with Crippen molar-refractivity contribution < 1.29 is 0 Å². The van der Waals surface area contributed by atoms with E-state index >= 15 is 0 Å². The minimum atomic E-state index is 0.801. The van der Waals surface area contributed by atoms with Crippen molar-refractivity contribution in [2.75, 3.05) is 0 Å². The van der Waals surface area contributed by atoms with Crippen molar-refractivity contribution in [1.82, 2.24) is 0 Å². The SMILES string of the molecule is C1=CC2CC2C=C1c1cc2c(c3ccccc13)=CCCC=2. The zero-order chi connectivity index (χ0) is 13.8. The summed E-state index contributed by atoms with van der Waals surface area (Å²) in [5, 5.41) is 5.67. The first kappa shape index (κ1) is 11.6. The number of fused-ring (bicyclic) bond motifs is 4. The topological polar surface area (TPSA) is 0 Å². The van der Waals surface area contributed by atoms with Crippen molar-refractivity contribution in [2.45, 2.75) is 19.3 Å². The third kappa shape index (κ3) is 1.75. The zero-order valence-corrected chi connectivity index (χ0v) is 12.0. The smallest absolute Gasteiger partial charge is 0.00992 e. The summed E-state index contributed by atoms with van der Waals surface area (Å²) < 4.78 is 0. The molecule has 0 radical (unpaired) electrons. The summed E-state index contributed by atoms with van der Waals surface area (Å²) in [4.78, 5) is 0. The van der Waals surface area contributed by atoms with Crippen LogP contribution >= 0.6 is 0 Å². The van der Waals surface area contributed by atoms with Crippen LogP contribution in [0.4, 0.5) is 0 Å². The van der Waals surface area contributed by atoms with Gasteiger partial charge in [-0.2, -0.15) is 0 Å². The molecule has 21 heavy (non-hydrogen) atoms. The van der Waals surface area contributed by atoms with Crippen molar-refractivity contribution in [2.24, 2.45) is 11.8 Å². The molecular weight excluding hydrogens is 252 g/mol. The van der Waals surface area contributed by atoms with E-state index in [-0.39, 0.29) is 0 Å². The van der Waals surface area contributed by atoms with Crippen molar-refractivity contribution in [1.29, 1.82) is 0 Å². The lowest BCUT2D eigenvalue weighted by molar-refractivity contribution is 0.985. The summed E-state index contributed by atoms with van der Waals surface area (Å²) >= 11 is 0. The lowest BCUT2D eigenvalue weighted by Gasteiger charge is -2.13. The molecule has 1 fully saturated rings. The van der Waals surface area contributed by atoms with Gasteiger partial charge < -0.3 is 0 Å². The highest BCUT2D eigenvalue weighted by atomic mass is 14.4. The van der Waals surface area contributed by atoms with Crippen LogP contribution in [0.1, 0.15) is 24.8 Å². The summed E-state index contributed by atoms with van der Waals surface area (Å²) in [5.74, 6) is 1.63. The molecule has 0 heterocycles. The minimum absolute atomic E-state index is 0.801. The van der Waals surface area contributed by atoms with E-state index in [0.717, 1.165) is 11.8 Å². The highest BCUT2D eigenvalue weighted by Gasteiger charge is 2.35. The third-order valence-corrected chi connectivity index (χ3v) is 5.12. The number of hydrogen-bond donors (Lipinski definition) is 0. The Morgan fingerprint density at radius 1 is 0.905 bits per heavy atom. The molecule has 2 atom stereocenters. The third-order valence-electron chi connectivity index (χ3n) is 5.12. The maximum absolute atomic E-state index is 2.49. The molecule has 5 rings (SSSR count). The van der Waals surface area contributed by atoms with Crippen molar-refractivity contribution in [3.8, 4) is 0 Å². The zero-order valence-electron chi connectivity index (χ0n) is 12.0. The molecule has 0 heteroatoms. The summed E-state index contributed by atoms with van der Waals surface area (Å²) in [5.41, 5.74) is 2.84. The van der Waals surface area contributed by atoms with Crippen LogP contribution in [0.2, 0.25) is 0 Å². The summed E-state index contributed by atoms with van der Waals surface area (Å²) in [6.07, 6.45) is 15.7. The molecular formula is C21H18. The van der Waals surface area contributed by atoms with Gasteiger partial charge in [-0.25, -0.2) is 0 Å². The molecule has 0 saturated heterocycles. The van der Waals surface area contributed by atoms with Gasteiger partial charge in [0, 0.05) is 0 Å². The maximum atomic E-state index is 2.49. The number of rotatable bonds is 1. The largest absolute Gasteiger partial charge is 0.0802 e. The van der Waals surface area contributed by atoms with E-state index in [4.69, 9.17) is 0 Å². The molecule has 0 aliphatic heterocycles. The van der Waals surface area contributed by atoms with Crippen LogP contribution < -0.4 is 10.4 Å². The first-order valence-electron chi connectivity index (χ1n) is 8.03. The molecule has 0 N–H and O–H groups in total. The lowest BCUT2D eigenvalue weighted by atomic mass is 9.91. The molecule has 0 nitrogen and oxygen atoms in total. The average Bonchev–Trinajstić information content (AvgIpc) is 3.32. The Morgan fingerprint density at radius 2 is 1.76 bits per heavy atom. The van der Waals surface area contributed by atoms with Crippen LogP contribution in [0.25, 0.3) is 28.5 Å². The second-order valence-corrected chi connectivity index (χ2v) is 6.50. The molecule has 0 aromatic heterocycles. The summed E-state index contributed by atoms with van der Waals surface area (Å²) in [6, 6.07) is 11.3. The lowest BCUT2D eigenvalue weighted by Crippen LogP contribution is -2.28. The van der Waals surface area contributed by atoms with Crippen molar-refractivity contribution >= 4 is 28.5 Å². The van der Waals surface area contributed by atoms with Gasteiger partial charge in [0.25, 0.3) is 0 Å². The monoisotopic (exact) mass is 270 g/mol. The van der Waals surface area contributed by atoms with Crippen LogP contribution in [0, 0.1) is 11.8 Å². The van der Waals surface area contributed by atoms with E-state index in [1.165, 1.54) is 51.6 Å². The molecule has 102 valence electrons. The van der Waals surface area contributed by atoms with Crippen LogP contribution in [-0.2, 0) is 0 Å². The van der Waals surface area contributed by atoms with Gasteiger partial charge in [-0.15, -0.1) is 0 Å². The van der Waals surface area contributed by atoms with Gasteiger partial charge in [0.15, 0.2) is 0 Å². The van der Waals surface area contributed by atoms with Gasteiger partial charge >= 0.3 is 0 Å². The quantitative estimate of drug-likeness (QED) is 0.739. The Labute approximate surface area is 124 Å². The molecule has 0 bridgehead atoms. The maximum Gasteiger partial charge on any atom is -0.00992 e. The van der Waals surface area contributed by atoms with E-state index < -0.39 is 0 Å². The molecule has 2 aromatic carbocycles. The standard InChI is InChI=1S/C21H18/c1-2-6-18-15(5-1)13-21(20-8-4-3-7-19(18)20)16-10-9-14-11-17(14)12-16/h3-10,12-14,17H,1-2,11H2. The Bertz CT molecular complexity index is 924. The number of hydrogen-bond acceptors (Lipinski definition) is 0. The van der Waals surface area contributed by atoms with E-state index in [0.29, 0.717) is 0 Å². The van der Waals surface area contributed by atoms with Gasteiger partial charge in [-0.3, -0.25) is 0 Å². The number of benzene rings is 2. The van der Waals surface area contributed by atoms with Crippen molar-refractivity contribution in [3.05, 3.63) is 64.6 Å². The second-order valence-electron chi connectivity index (χ2n) is 6.50. The van der Waals surface area contributed by atoms with Crippen LogP contribution in [-0.4, -0.2) is 0 Å². The van der Waals surface area contributed by atoms with E-state index in [9.17, 15) is 0 Å². The highest BCUT2D eigenvalue weighted by Crippen LogP contribution is 2.46. The van der Waals surface area contributed by atoms with E-state index in [1.54, 1.807) is 0 Å². The fraction of sp³-hybridized carbons (Fsp3) is 0.238. The predicted octanol–water partition coefficient (Wildman–Crippen LogP) is 3.78. The average molecular weight is 270 g/mol. The Balaban J connectivity index is 1.87. The molecule has 2 aromatic rings. The van der Waals surface area contributed by atoms with E-state index in [2.05, 4.69) is 60.7 Å². The second kappa shape index (κ2) is 4.21. The van der Waals surface area contributed by atoms with Gasteiger partial charge in [0.05, 0.1) is 0 Å². The molecule has 0 amide bonds. The molecule has 1 saturated carbocycles. The molecule has 0 spiro atoms. The first-order valence-corrected chi connectivity index (χ1v) is 8.03. The Kier molecular flexibility index (Phi) is 2.32. The summed E-state index contributed by atoms with van der Waals surface area (Å²) in [6.45, 7) is 0. The normalized spacial score (nSPS) is 25.4. The Morgan fingerprint density at radius 3 is 2.67 bits per heavy atom.